The first-order chi connectivity index (χ1) is 11.1. The summed E-state index contributed by atoms with van der Waals surface area (Å²) in [5, 5.41) is 11.1. The molecule has 3 aromatic rings. The molecule has 6 heteroatoms. The quantitative estimate of drug-likeness (QED) is 0.732. The summed E-state index contributed by atoms with van der Waals surface area (Å²) in [6.07, 6.45) is 1.90. The number of rotatable bonds is 5. The maximum absolute atomic E-state index is 12.4. The van der Waals surface area contributed by atoms with Gasteiger partial charge in [-0.15, -0.1) is 22.0 Å². The third-order valence-electron chi connectivity index (χ3n) is 3.51. The number of nitrogens with zero attached hydrogens (tertiary/aromatic N) is 3. The van der Waals surface area contributed by atoms with E-state index < -0.39 is 0 Å². The highest BCUT2D eigenvalue weighted by molar-refractivity contribution is 8.00. The first kappa shape index (κ1) is 15.6. The van der Waals surface area contributed by atoms with Gasteiger partial charge in [-0.3, -0.25) is 9.20 Å². The second-order valence-electron chi connectivity index (χ2n) is 5.29. The highest BCUT2D eigenvalue weighted by atomic mass is 32.2. The highest BCUT2D eigenvalue weighted by Crippen LogP contribution is 2.23. The van der Waals surface area contributed by atoms with E-state index in [2.05, 4.69) is 15.5 Å². The van der Waals surface area contributed by atoms with E-state index in [0.29, 0.717) is 0 Å². The van der Waals surface area contributed by atoms with Crippen LogP contribution in [0.1, 0.15) is 25.7 Å². The molecule has 0 fully saturated rings. The van der Waals surface area contributed by atoms with E-state index in [1.165, 1.54) is 11.8 Å². The normalized spacial score (nSPS) is 13.7. The van der Waals surface area contributed by atoms with Crippen molar-refractivity contribution in [3.05, 3.63) is 60.6 Å². The molecule has 5 nitrogen and oxygen atoms in total. The smallest absolute Gasteiger partial charge is 0.233 e. The maximum atomic E-state index is 12.4. The van der Waals surface area contributed by atoms with Crippen LogP contribution >= 0.6 is 11.8 Å². The summed E-state index contributed by atoms with van der Waals surface area (Å²) in [6, 6.07) is 15.4. The second-order valence-corrected chi connectivity index (χ2v) is 6.70. The standard InChI is InChI=1S/C17H18N4OS/c1-12(16-20-19-15-10-6-7-11-21(15)16)18-17(22)13(2)23-14-8-4-3-5-9-14/h3-13H,1-2H3,(H,18,22). The van der Waals surface area contributed by atoms with Gasteiger partial charge in [0.25, 0.3) is 0 Å². The summed E-state index contributed by atoms with van der Waals surface area (Å²) in [4.78, 5) is 13.5. The summed E-state index contributed by atoms with van der Waals surface area (Å²) >= 11 is 1.54. The topological polar surface area (TPSA) is 59.3 Å². The van der Waals surface area contributed by atoms with Gasteiger partial charge in [-0.25, -0.2) is 0 Å². The van der Waals surface area contributed by atoms with Gasteiger partial charge in [-0.1, -0.05) is 24.3 Å². The average Bonchev–Trinajstić information content (AvgIpc) is 2.99. The molecule has 1 amide bonds. The Balaban J connectivity index is 1.67. The van der Waals surface area contributed by atoms with Gasteiger partial charge in [-0.2, -0.15) is 0 Å². The van der Waals surface area contributed by atoms with Crippen molar-refractivity contribution in [1.82, 2.24) is 19.9 Å². The fourth-order valence-corrected chi connectivity index (χ4v) is 3.20. The number of amides is 1. The highest BCUT2D eigenvalue weighted by Gasteiger charge is 2.20. The van der Waals surface area contributed by atoms with Crippen LogP contribution in [0.5, 0.6) is 0 Å². The molecule has 1 aromatic carbocycles. The number of hydrogen-bond acceptors (Lipinski definition) is 4. The summed E-state index contributed by atoms with van der Waals surface area (Å²) < 4.78 is 1.89. The monoisotopic (exact) mass is 326 g/mol. The van der Waals surface area contributed by atoms with Crippen molar-refractivity contribution >= 4 is 23.3 Å². The molecule has 23 heavy (non-hydrogen) atoms. The Morgan fingerprint density at radius 1 is 1.09 bits per heavy atom. The largest absolute Gasteiger partial charge is 0.345 e. The first-order valence-electron chi connectivity index (χ1n) is 7.47. The van der Waals surface area contributed by atoms with Crippen LogP contribution in [0.2, 0.25) is 0 Å². The summed E-state index contributed by atoms with van der Waals surface area (Å²) in [7, 11) is 0. The Morgan fingerprint density at radius 2 is 1.83 bits per heavy atom. The van der Waals surface area contributed by atoms with Crippen molar-refractivity contribution in [2.24, 2.45) is 0 Å². The van der Waals surface area contributed by atoms with Crippen LogP contribution in [-0.4, -0.2) is 25.8 Å². The molecule has 118 valence electrons. The predicted octanol–water partition coefficient (Wildman–Crippen LogP) is 3.09. The zero-order valence-electron chi connectivity index (χ0n) is 13.0. The molecule has 1 N–H and O–H groups in total. The number of aromatic nitrogens is 3. The lowest BCUT2D eigenvalue weighted by atomic mass is 10.3. The van der Waals surface area contributed by atoms with Crippen LogP contribution in [0, 0.1) is 0 Å². The zero-order valence-corrected chi connectivity index (χ0v) is 13.8. The lowest BCUT2D eigenvalue weighted by Gasteiger charge is -2.16. The predicted molar refractivity (Wildman–Crippen MR) is 91.3 cm³/mol. The van der Waals surface area contributed by atoms with Gasteiger partial charge in [0.15, 0.2) is 11.5 Å². The van der Waals surface area contributed by atoms with Gasteiger partial charge >= 0.3 is 0 Å². The van der Waals surface area contributed by atoms with Gasteiger partial charge in [0.2, 0.25) is 5.91 Å². The molecule has 2 heterocycles. The van der Waals surface area contributed by atoms with Crippen LogP contribution < -0.4 is 5.32 Å². The molecular formula is C17H18N4OS. The minimum absolute atomic E-state index is 0.0148. The molecular weight excluding hydrogens is 308 g/mol. The lowest BCUT2D eigenvalue weighted by molar-refractivity contribution is -0.121. The van der Waals surface area contributed by atoms with Crippen molar-refractivity contribution in [2.45, 2.75) is 30.0 Å². The number of nitrogens with one attached hydrogen (secondary N) is 1. The van der Waals surface area contributed by atoms with E-state index in [1.807, 2.05) is 73.0 Å². The molecule has 2 atom stereocenters. The number of hydrogen-bond donors (Lipinski definition) is 1. The van der Waals surface area contributed by atoms with Crippen molar-refractivity contribution in [3.63, 3.8) is 0 Å². The number of benzene rings is 1. The van der Waals surface area contributed by atoms with Gasteiger partial charge in [0.05, 0.1) is 11.3 Å². The molecule has 2 aromatic heterocycles. The molecule has 0 spiro atoms. The lowest BCUT2D eigenvalue weighted by Crippen LogP contribution is -2.33. The molecule has 0 bridgehead atoms. The van der Waals surface area contributed by atoms with E-state index in [0.717, 1.165) is 16.4 Å². The Bertz CT molecular complexity index is 802. The Kier molecular flexibility index (Phi) is 4.62. The third kappa shape index (κ3) is 3.53. The second kappa shape index (κ2) is 6.83. The van der Waals surface area contributed by atoms with Crippen LogP contribution in [0.3, 0.4) is 0 Å². The molecule has 2 unspecified atom stereocenters. The van der Waals surface area contributed by atoms with Crippen LogP contribution in [0.4, 0.5) is 0 Å². The van der Waals surface area contributed by atoms with Crippen LogP contribution in [0.25, 0.3) is 5.65 Å². The molecule has 0 saturated carbocycles. The van der Waals surface area contributed by atoms with Crippen molar-refractivity contribution in [2.75, 3.05) is 0 Å². The third-order valence-corrected chi connectivity index (χ3v) is 4.62. The van der Waals surface area contributed by atoms with Gasteiger partial charge in [-0.05, 0) is 38.1 Å². The number of carbonyl (C=O) groups is 1. The van der Waals surface area contributed by atoms with E-state index in [-0.39, 0.29) is 17.2 Å². The molecule has 3 rings (SSSR count). The van der Waals surface area contributed by atoms with Gasteiger partial charge < -0.3 is 5.32 Å². The average molecular weight is 326 g/mol. The van der Waals surface area contributed by atoms with Crippen molar-refractivity contribution in [3.8, 4) is 0 Å². The molecule has 0 aliphatic rings. The van der Waals surface area contributed by atoms with E-state index >= 15 is 0 Å². The molecule has 0 radical (unpaired) electrons. The van der Waals surface area contributed by atoms with Gasteiger partial charge in [0, 0.05) is 11.1 Å². The molecule has 0 aliphatic heterocycles. The number of fused-ring (bicyclic) bond motifs is 1. The number of thioether (sulfide) groups is 1. The maximum Gasteiger partial charge on any atom is 0.233 e. The minimum Gasteiger partial charge on any atom is -0.345 e. The minimum atomic E-state index is -0.210. The SMILES string of the molecule is CC(Sc1ccccc1)C(=O)NC(C)c1nnc2ccccn12. The summed E-state index contributed by atoms with van der Waals surface area (Å²) in [6.45, 7) is 3.82. The fourth-order valence-electron chi connectivity index (χ4n) is 2.31. The van der Waals surface area contributed by atoms with Crippen molar-refractivity contribution < 1.29 is 4.79 Å². The number of carbonyl (C=O) groups excluding carboxylic acids is 1. The molecule has 0 saturated heterocycles. The van der Waals surface area contributed by atoms with Crippen LogP contribution in [-0.2, 0) is 4.79 Å². The van der Waals surface area contributed by atoms with Gasteiger partial charge in [0.1, 0.15) is 0 Å². The van der Waals surface area contributed by atoms with E-state index in [9.17, 15) is 4.79 Å². The Labute approximate surface area is 139 Å². The first-order valence-corrected chi connectivity index (χ1v) is 8.35. The van der Waals surface area contributed by atoms with E-state index in [1.54, 1.807) is 0 Å². The van der Waals surface area contributed by atoms with Crippen molar-refractivity contribution in [1.29, 1.82) is 0 Å². The Morgan fingerprint density at radius 3 is 2.61 bits per heavy atom. The Hall–Kier alpha value is -2.34. The zero-order chi connectivity index (χ0) is 16.2. The molecule has 0 aliphatic carbocycles. The number of pyridine rings is 1. The fraction of sp³-hybridized carbons (Fsp3) is 0.235. The van der Waals surface area contributed by atoms with E-state index in [4.69, 9.17) is 0 Å². The van der Waals surface area contributed by atoms with Crippen LogP contribution in [0.15, 0.2) is 59.6 Å². The summed E-state index contributed by atoms with van der Waals surface area (Å²) in [5.41, 5.74) is 0.773. The summed E-state index contributed by atoms with van der Waals surface area (Å²) in [5.74, 6) is 0.713.